The molecule has 1 atom stereocenters. The lowest BCUT2D eigenvalue weighted by molar-refractivity contribution is 0.137. The van der Waals surface area contributed by atoms with Gasteiger partial charge in [0.15, 0.2) is 0 Å². The molecule has 2 nitrogen and oxygen atoms in total. The normalized spacial score (nSPS) is 13.2. The standard InChI is InChI=1S/C11H16BrNO/c1-13(2)8-11(14)7-9-4-3-5-10(12)6-9/h3-6,11,14H,7-8H2,1-2H3. The molecule has 0 saturated heterocycles. The summed E-state index contributed by atoms with van der Waals surface area (Å²) >= 11 is 3.41. The number of hydrogen-bond acceptors (Lipinski definition) is 2. The Hall–Kier alpha value is -0.380. The van der Waals surface area contributed by atoms with E-state index in [0.717, 1.165) is 10.0 Å². The highest BCUT2D eigenvalue weighted by Gasteiger charge is 2.06. The lowest BCUT2D eigenvalue weighted by atomic mass is 10.1. The Morgan fingerprint density at radius 1 is 1.43 bits per heavy atom. The third-order valence-corrected chi connectivity index (χ3v) is 2.43. The van der Waals surface area contributed by atoms with Crippen LogP contribution in [-0.2, 0) is 6.42 Å². The summed E-state index contributed by atoms with van der Waals surface area (Å²) in [6.45, 7) is 0.701. The molecule has 1 aromatic carbocycles. The van der Waals surface area contributed by atoms with Gasteiger partial charge in [0.1, 0.15) is 0 Å². The SMILES string of the molecule is CN(C)CC(O)Cc1cccc(Br)c1. The summed E-state index contributed by atoms with van der Waals surface area (Å²) in [5.74, 6) is 0. The summed E-state index contributed by atoms with van der Waals surface area (Å²) in [5.41, 5.74) is 1.16. The van der Waals surface area contributed by atoms with Crippen molar-refractivity contribution in [3.8, 4) is 0 Å². The van der Waals surface area contributed by atoms with Crippen LogP contribution < -0.4 is 0 Å². The van der Waals surface area contributed by atoms with Crippen LogP contribution in [0.25, 0.3) is 0 Å². The van der Waals surface area contributed by atoms with E-state index in [9.17, 15) is 5.11 Å². The van der Waals surface area contributed by atoms with Crippen molar-refractivity contribution in [3.63, 3.8) is 0 Å². The number of rotatable bonds is 4. The Labute approximate surface area is 93.7 Å². The van der Waals surface area contributed by atoms with Gasteiger partial charge in [0, 0.05) is 11.0 Å². The molecule has 0 aliphatic rings. The predicted molar refractivity (Wildman–Crippen MR) is 62.4 cm³/mol. The van der Waals surface area contributed by atoms with E-state index in [2.05, 4.69) is 15.9 Å². The van der Waals surface area contributed by atoms with Crippen LogP contribution in [0.4, 0.5) is 0 Å². The maximum atomic E-state index is 9.71. The Morgan fingerprint density at radius 3 is 2.71 bits per heavy atom. The van der Waals surface area contributed by atoms with Crippen LogP contribution in [0.1, 0.15) is 5.56 Å². The van der Waals surface area contributed by atoms with Crippen LogP contribution in [0.3, 0.4) is 0 Å². The van der Waals surface area contributed by atoms with Gasteiger partial charge in [0.05, 0.1) is 6.10 Å². The number of likely N-dealkylation sites (N-methyl/N-ethyl adjacent to an activating group) is 1. The first-order chi connectivity index (χ1) is 6.58. The zero-order valence-corrected chi connectivity index (χ0v) is 10.2. The van der Waals surface area contributed by atoms with E-state index < -0.39 is 0 Å². The first-order valence-electron chi connectivity index (χ1n) is 4.65. The highest BCUT2D eigenvalue weighted by Crippen LogP contribution is 2.13. The summed E-state index contributed by atoms with van der Waals surface area (Å²) in [6.07, 6.45) is 0.414. The minimum Gasteiger partial charge on any atom is -0.391 e. The van der Waals surface area contributed by atoms with Gasteiger partial charge in [0.2, 0.25) is 0 Å². The third-order valence-electron chi connectivity index (χ3n) is 1.94. The molecule has 78 valence electrons. The molecule has 14 heavy (non-hydrogen) atoms. The molecule has 0 bridgehead atoms. The molecule has 0 spiro atoms. The number of benzene rings is 1. The van der Waals surface area contributed by atoms with Gasteiger partial charge in [-0.1, -0.05) is 28.1 Å². The van der Waals surface area contributed by atoms with E-state index in [4.69, 9.17) is 0 Å². The van der Waals surface area contributed by atoms with Crippen molar-refractivity contribution in [1.29, 1.82) is 0 Å². The van der Waals surface area contributed by atoms with Crippen LogP contribution in [-0.4, -0.2) is 36.8 Å². The number of hydrogen-bond donors (Lipinski definition) is 1. The molecule has 0 radical (unpaired) electrons. The molecule has 0 fully saturated rings. The molecule has 0 aromatic heterocycles. The van der Waals surface area contributed by atoms with E-state index >= 15 is 0 Å². The van der Waals surface area contributed by atoms with E-state index in [1.807, 2.05) is 43.3 Å². The van der Waals surface area contributed by atoms with Gasteiger partial charge in [-0.25, -0.2) is 0 Å². The van der Waals surface area contributed by atoms with E-state index in [0.29, 0.717) is 13.0 Å². The first kappa shape index (κ1) is 11.7. The molecule has 0 aliphatic carbocycles. The topological polar surface area (TPSA) is 23.5 Å². The molecule has 0 heterocycles. The number of halogens is 1. The van der Waals surface area contributed by atoms with Crippen molar-refractivity contribution in [2.75, 3.05) is 20.6 Å². The smallest absolute Gasteiger partial charge is 0.0707 e. The van der Waals surface area contributed by atoms with Crippen molar-refractivity contribution in [1.82, 2.24) is 4.90 Å². The molecule has 1 aromatic rings. The van der Waals surface area contributed by atoms with Gasteiger partial charge >= 0.3 is 0 Å². The fraction of sp³-hybridized carbons (Fsp3) is 0.455. The van der Waals surface area contributed by atoms with Gasteiger partial charge in [0.25, 0.3) is 0 Å². The average Bonchev–Trinajstić information content (AvgIpc) is 2.01. The maximum absolute atomic E-state index is 9.71. The zero-order valence-electron chi connectivity index (χ0n) is 8.57. The lowest BCUT2D eigenvalue weighted by Crippen LogP contribution is -2.27. The zero-order chi connectivity index (χ0) is 10.6. The Kier molecular flexibility index (Phi) is 4.58. The first-order valence-corrected chi connectivity index (χ1v) is 5.44. The fourth-order valence-corrected chi connectivity index (χ4v) is 1.87. The Balaban J connectivity index is 2.51. The minimum absolute atomic E-state index is 0.292. The number of aliphatic hydroxyl groups is 1. The Morgan fingerprint density at radius 2 is 2.14 bits per heavy atom. The van der Waals surface area contributed by atoms with Gasteiger partial charge < -0.3 is 10.0 Å². The second-order valence-electron chi connectivity index (χ2n) is 3.75. The maximum Gasteiger partial charge on any atom is 0.0707 e. The van der Waals surface area contributed by atoms with Crippen LogP contribution in [0.15, 0.2) is 28.7 Å². The van der Waals surface area contributed by atoms with Crippen LogP contribution in [0, 0.1) is 0 Å². The van der Waals surface area contributed by atoms with Crippen LogP contribution in [0.5, 0.6) is 0 Å². The lowest BCUT2D eigenvalue weighted by Gasteiger charge is -2.15. The molecule has 0 amide bonds. The van der Waals surface area contributed by atoms with Gasteiger partial charge in [-0.3, -0.25) is 0 Å². The van der Waals surface area contributed by atoms with Crippen molar-refractivity contribution >= 4 is 15.9 Å². The third kappa shape index (κ3) is 4.22. The van der Waals surface area contributed by atoms with Gasteiger partial charge in [-0.05, 0) is 38.2 Å². The second kappa shape index (κ2) is 5.49. The quantitative estimate of drug-likeness (QED) is 0.891. The molecular weight excluding hydrogens is 242 g/mol. The highest BCUT2D eigenvalue weighted by molar-refractivity contribution is 9.10. The summed E-state index contributed by atoms with van der Waals surface area (Å²) < 4.78 is 1.06. The van der Waals surface area contributed by atoms with Crippen molar-refractivity contribution in [3.05, 3.63) is 34.3 Å². The van der Waals surface area contributed by atoms with Crippen molar-refractivity contribution < 1.29 is 5.11 Å². The summed E-state index contributed by atoms with van der Waals surface area (Å²) in [4.78, 5) is 1.99. The highest BCUT2D eigenvalue weighted by atomic mass is 79.9. The second-order valence-corrected chi connectivity index (χ2v) is 4.67. The van der Waals surface area contributed by atoms with Gasteiger partial charge in [-0.2, -0.15) is 0 Å². The molecule has 1 N–H and O–H groups in total. The van der Waals surface area contributed by atoms with Crippen LogP contribution >= 0.6 is 15.9 Å². The summed E-state index contributed by atoms with van der Waals surface area (Å²) in [7, 11) is 3.92. The fourth-order valence-electron chi connectivity index (χ4n) is 1.42. The van der Waals surface area contributed by atoms with E-state index in [1.165, 1.54) is 0 Å². The summed E-state index contributed by atoms with van der Waals surface area (Å²) in [6, 6.07) is 8.05. The van der Waals surface area contributed by atoms with Gasteiger partial charge in [-0.15, -0.1) is 0 Å². The number of nitrogens with zero attached hydrogens (tertiary/aromatic N) is 1. The largest absolute Gasteiger partial charge is 0.391 e. The van der Waals surface area contributed by atoms with Crippen molar-refractivity contribution in [2.24, 2.45) is 0 Å². The van der Waals surface area contributed by atoms with Crippen LogP contribution in [0.2, 0.25) is 0 Å². The average molecular weight is 258 g/mol. The van der Waals surface area contributed by atoms with Crippen molar-refractivity contribution in [2.45, 2.75) is 12.5 Å². The van der Waals surface area contributed by atoms with E-state index in [-0.39, 0.29) is 6.10 Å². The monoisotopic (exact) mass is 257 g/mol. The molecule has 0 aliphatic heterocycles. The predicted octanol–water partition coefficient (Wildman–Crippen LogP) is 1.91. The minimum atomic E-state index is -0.292. The molecular formula is C11H16BrNO. The molecule has 1 rings (SSSR count). The summed E-state index contributed by atoms with van der Waals surface area (Å²) in [5, 5.41) is 9.71. The molecule has 0 saturated carbocycles. The van der Waals surface area contributed by atoms with E-state index in [1.54, 1.807) is 0 Å². The molecule has 3 heteroatoms. The Bertz CT molecular complexity index is 288. The number of aliphatic hydroxyl groups excluding tert-OH is 1. The molecule has 1 unspecified atom stereocenters.